The summed E-state index contributed by atoms with van der Waals surface area (Å²) in [5.41, 5.74) is 1.48. The van der Waals surface area contributed by atoms with Crippen LogP contribution in [0.25, 0.3) is 0 Å². The highest BCUT2D eigenvalue weighted by molar-refractivity contribution is 5.96. The maximum absolute atomic E-state index is 12.6. The van der Waals surface area contributed by atoms with Gasteiger partial charge in [-0.05, 0) is 37.6 Å². The van der Waals surface area contributed by atoms with Gasteiger partial charge in [0.05, 0.1) is 23.3 Å². The predicted molar refractivity (Wildman–Crippen MR) is 98.8 cm³/mol. The van der Waals surface area contributed by atoms with Crippen LogP contribution in [0.3, 0.4) is 0 Å². The van der Waals surface area contributed by atoms with Gasteiger partial charge in [-0.2, -0.15) is 0 Å². The number of ether oxygens (including phenoxy) is 2. The van der Waals surface area contributed by atoms with E-state index in [9.17, 15) is 14.9 Å². The predicted octanol–water partition coefficient (Wildman–Crippen LogP) is 3.81. The summed E-state index contributed by atoms with van der Waals surface area (Å²) in [6.45, 7) is 5.33. The van der Waals surface area contributed by atoms with Crippen molar-refractivity contribution < 1.29 is 19.2 Å². The molecular formula is C19H22N2O5. The van der Waals surface area contributed by atoms with Crippen LogP contribution in [-0.2, 0) is 11.3 Å². The molecule has 0 N–H and O–H groups in total. The second-order valence-electron chi connectivity index (χ2n) is 5.56. The van der Waals surface area contributed by atoms with Gasteiger partial charge >= 0.3 is 5.97 Å². The van der Waals surface area contributed by atoms with Crippen molar-refractivity contribution in [3.05, 3.63) is 63.7 Å². The Morgan fingerprint density at radius 1 is 1.12 bits per heavy atom. The Bertz CT molecular complexity index is 770. The number of methoxy groups -OCH3 is 1. The molecule has 0 fully saturated rings. The molecule has 0 aliphatic carbocycles. The van der Waals surface area contributed by atoms with Crippen molar-refractivity contribution in [1.82, 2.24) is 0 Å². The lowest BCUT2D eigenvalue weighted by Gasteiger charge is -2.23. The molecule has 7 heteroatoms. The van der Waals surface area contributed by atoms with Crippen molar-refractivity contribution in [2.45, 2.75) is 20.5 Å². The number of rotatable bonds is 8. The van der Waals surface area contributed by atoms with Crippen molar-refractivity contribution >= 4 is 17.3 Å². The van der Waals surface area contributed by atoms with E-state index in [1.165, 1.54) is 12.1 Å². The number of esters is 1. The lowest BCUT2D eigenvalue weighted by Crippen LogP contribution is -2.24. The summed E-state index contributed by atoms with van der Waals surface area (Å²) in [4.78, 5) is 25.1. The Balaban J connectivity index is 2.23. The van der Waals surface area contributed by atoms with Gasteiger partial charge in [0.1, 0.15) is 12.4 Å². The van der Waals surface area contributed by atoms with Crippen LogP contribution in [0, 0.1) is 10.1 Å². The second-order valence-corrected chi connectivity index (χ2v) is 5.56. The van der Waals surface area contributed by atoms with Crippen LogP contribution in [0.2, 0.25) is 0 Å². The van der Waals surface area contributed by atoms with Gasteiger partial charge < -0.3 is 14.4 Å². The van der Waals surface area contributed by atoms with Gasteiger partial charge in [-0.1, -0.05) is 12.1 Å². The van der Waals surface area contributed by atoms with Gasteiger partial charge in [-0.25, -0.2) is 4.79 Å². The first kappa shape index (κ1) is 19.2. The molecule has 26 heavy (non-hydrogen) atoms. The molecule has 0 bridgehead atoms. The van der Waals surface area contributed by atoms with E-state index in [0.717, 1.165) is 5.56 Å². The summed E-state index contributed by atoms with van der Waals surface area (Å²) in [6.07, 6.45) is 0. The smallest absolute Gasteiger partial charge is 0.340 e. The molecule has 2 rings (SSSR count). The van der Waals surface area contributed by atoms with Crippen LogP contribution >= 0.6 is 0 Å². The van der Waals surface area contributed by atoms with E-state index in [1.807, 2.05) is 18.7 Å². The van der Waals surface area contributed by atoms with Crippen LogP contribution in [0.1, 0.15) is 29.8 Å². The molecule has 0 heterocycles. The van der Waals surface area contributed by atoms with Gasteiger partial charge in [-0.15, -0.1) is 0 Å². The van der Waals surface area contributed by atoms with E-state index in [0.29, 0.717) is 24.5 Å². The molecule has 0 radical (unpaired) electrons. The van der Waals surface area contributed by atoms with E-state index >= 15 is 0 Å². The fourth-order valence-corrected chi connectivity index (χ4v) is 2.59. The first-order chi connectivity index (χ1) is 12.5. The molecule has 0 saturated carbocycles. The minimum absolute atomic E-state index is 0.0726. The number of non-ortho nitro benzene ring substituents is 1. The van der Waals surface area contributed by atoms with Crippen molar-refractivity contribution in [2.24, 2.45) is 0 Å². The minimum Gasteiger partial charge on any atom is -0.497 e. The standard InChI is InChI=1S/C19H22N2O5/c1-4-20(5-2)18-11-8-15(21(23)24)12-17(18)19(22)26-13-14-6-9-16(25-3)10-7-14/h6-12H,4-5,13H2,1-3H3. The lowest BCUT2D eigenvalue weighted by atomic mass is 10.1. The third kappa shape index (κ3) is 4.50. The Morgan fingerprint density at radius 2 is 1.77 bits per heavy atom. The highest BCUT2D eigenvalue weighted by atomic mass is 16.6. The average Bonchev–Trinajstić information content (AvgIpc) is 2.67. The van der Waals surface area contributed by atoms with Gasteiger partial charge in [0.25, 0.3) is 5.69 Å². The van der Waals surface area contributed by atoms with Gasteiger partial charge in [0, 0.05) is 25.2 Å². The highest BCUT2D eigenvalue weighted by Crippen LogP contribution is 2.26. The fraction of sp³-hybridized carbons (Fsp3) is 0.316. The monoisotopic (exact) mass is 358 g/mol. The molecule has 0 saturated heterocycles. The summed E-state index contributed by atoms with van der Waals surface area (Å²) in [6, 6.07) is 11.4. The zero-order valence-electron chi connectivity index (χ0n) is 15.1. The number of hydrogen-bond donors (Lipinski definition) is 0. The molecular weight excluding hydrogens is 336 g/mol. The number of nitro groups is 1. The number of hydrogen-bond acceptors (Lipinski definition) is 6. The second kappa shape index (κ2) is 8.84. The number of carbonyl (C=O) groups excluding carboxylic acids is 1. The maximum atomic E-state index is 12.6. The molecule has 0 aliphatic heterocycles. The first-order valence-electron chi connectivity index (χ1n) is 8.33. The van der Waals surface area contributed by atoms with Gasteiger partial charge in [0.15, 0.2) is 0 Å². The van der Waals surface area contributed by atoms with Crippen LogP contribution in [0.15, 0.2) is 42.5 Å². The van der Waals surface area contributed by atoms with Gasteiger partial charge in [0.2, 0.25) is 0 Å². The third-order valence-electron chi connectivity index (χ3n) is 4.04. The molecule has 2 aromatic carbocycles. The highest BCUT2D eigenvalue weighted by Gasteiger charge is 2.20. The summed E-state index contributed by atoms with van der Waals surface area (Å²) in [5, 5.41) is 11.1. The van der Waals surface area contributed by atoms with E-state index in [4.69, 9.17) is 9.47 Å². The zero-order valence-corrected chi connectivity index (χ0v) is 15.1. The number of anilines is 1. The van der Waals surface area contributed by atoms with E-state index in [1.54, 1.807) is 37.4 Å². The Hall–Kier alpha value is -3.09. The molecule has 0 spiro atoms. The van der Waals surface area contributed by atoms with Gasteiger partial charge in [-0.3, -0.25) is 10.1 Å². The summed E-state index contributed by atoms with van der Waals surface area (Å²) in [7, 11) is 1.58. The maximum Gasteiger partial charge on any atom is 0.340 e. The molecule has 2 aromatic rings. The average molecular weight is 358 g/mol. The Morgan fingerprint density at radius 3 is 2.31 bits per heavy atom. The van der Waals surface area contributed by atoms with Crippen LogP contribution < -0.4 is 9.64 Å². The molecule has 0 aliphatic rings. The Kier molecular flexibility index (Phi) is 6.54. The molecule has 0 unspecified atom stereocenters. The lowest BCUT2D eigenvalue weighted by molar-refractivity contribution is -0.384. The number of carbonyl (C=O) groups is 1. The summed E-state index contributed by atoms with van der Waals surface area (Å²) >= 11 is 0. The quantitative estimate of drug-likeness (QED) is 0.405. The number of nitro benzene ring substituents is 1. The van der Waals surface area contributed by atoms with Crippen molar-refractivity contribution in [3.63, 3.8) is 0 Å². The molecule has 0 amide bonds. The summed E-state index contributed by atoms with van der Waals surface area (Å²) < 4.78 is 10.5. The van der Waals surface area contributed by atoms with E-state index in [2.05, 4.69) is 0 Å². The Labute approximate surface area is 152 Å². The molecule has 7 nitrogen and oxygen atoms in total. The molecule has 138 valence electrons. The zero-order chi connectivity index (χ0) is 19.1. The van der Waals surface area contributed by atoms with E-state index in [-0.39, 0.29) is 17.9 Å². The summed E-state index contributed by atoms with van der Waals surface area (Å²) in [5.74, 6) is 0.119. The van der Waals surface area contributed by atoms with Crippen molar-refractivity contribution in [3.8, 4) is 5.75 Å². The topological polar surface area (TPSA) is 81.9 Å². The normalized spacial score (nSPS) is 10.3. The van der Waals surface area contributed by atoms with Crippen molar-refractivity contribution in [1.29, 1.82) is 0 Å². The largest absolute Gasteiger partial charge is 0.497 e. The minimum atomic E-state index is -0.591. The molecule has 0 atom stereocenters. The number of benzene rings is 2. The van der Waals surface area contributed by atoms with Crippen LogP contribution in [0.4, 0.5) is 11.4 Å². The first-order valence-corrected chi connectivity index (χ1v) is 8.33. The van der Waals surface area contributed by atoms with Crippen LogP contribution in [0.5, 0.6) is 5.75 Å². The third-order valence-corrected chi connectivity index (χ3v) is 4.04. The van der Waals surface area contributed by atoms with E-state index < -0.39 is 10.9 Å². The number of nitrogens with zero attached hydrogens (tertiary/aromatic N) is 2. The SMILES string of the molecule is CCN(CC)c1ccc([N+](=O)[O-])cc1C(=O)OCc1ccc(OC)cc1. The molecule has 0 aromatic heterocycles. The van der Waals surface area contributed by atoms with Crippen LogP contribution in [-0.4, -0.2) is 31.1 Å². The van der Waals surface area contributed by atoms with Crippen molar-refractivity contribution in [2.75, 3.05) is 25.1 Å². The fourth-order valence-electron chi connectivity index (χ4n) is 2.59.